The molecular formula is C42H55NO5. The molecule has 6 aliphatic rings. The first-order valence-corrected chi connectivity index (χ1v) is 18.7. The van der Waals surface area contributed by atoms with E-state index in [0.717, 1.165) is 71.0 Å². The molecule has 0 amide bonds. The average molecular weight is 654 g/mol. The van der Waals surface area contributed by atoms with E-state index in [1.165, 1.54) is 23.1 Å². The van der Waals surface area contributed by atoms with E-state index in [2.05, 4.69) is 71.6 Å². The number of aromatic nitrogens is 1. The molecule has 1 aromatic carbocycles. The van der Waals surface area contributed by atoms with Gasteiger partial charge in [-0.1, -0.05) is 34.3 Å². The SMILES string of the molecule is C=C(C)c1c(O)c2c3c(cc4c5c(n1c42)C1(C)C(CCC2[C@]4(C)CC[C@@](O)(CC)O[C@H]4CC[C@@]21C)C5)C1=CC(C)(C)OC(C)(C)C1[C@@H]3O. The molecule has 48 heavy (non-hydrogen) atoms. The Morgan fingerprint density at radius 3 is 2.46 bits per heavy atom. The van der Waals surface area contributed by atoms with Crippen LogP contribution in [0.3, 0.4) is 0 Å². The summed E-state index contributed by atoms with van der Waals surface area (Å²) in [6, 6.07) is 2.37. The smallest absolute Gasteiger partial charge is 0.165 e. The van der Waals surface area contributed by atoms with Crippen LogP contribution >= 0.6 is 0 Å². The van der Waals surface area contributed by atoms with Crippen molar-refractivity contribution in [1.82, 2.24) is 4.40 Å². The Hall–Kier alpha value is -2.38. The highest BCUT2D eigenvalue weighted by atomic mass is 16.6. The number of hydrogen-bond acceptors (Lipinski definition) is 5. The van der Waals surface area contributed by atoms with Crippen LogP contribution in [0.4, 0.5) is 0 Å². The molecule has 3 aromatic rings. The summed E-state index contributed by atoms with van der Waals surface area (Å²) in [6.07, 6.45) is 9.16. The average Bonchev–Trinajstić information content (AvgIpc) is 3.66. The van der Waals surface area contributed by atoms with Gasteiger partial charge in [0.1, 0.15) is 5.75 Å². The maximum absolute atomic E-state index is 12.3. The second-order valence-corrected chi connectivity index (χ2v) is 18.7. The predicted molar refractivity (Wildman–Crippen MR) is 190 cm³/mol. The third-order valence-electron chi connectivity index (χ3n) is 15.5. The predicted octanol–water partition coefficient (Wildman–Crippen LogP) is 8.83. The lowest BCUT2D eigenvalue weighted by Crippen LogP contribution is -2.65. The van der Waals surface area contributed by atoms with Crippen molar-refractivity contribution >= 4 is 27.4 Å². The number of ether oxygens (including phenoxy) is 2. The fraction of sp³-hybridized carbons (Fsp3) is 0.667. The summed E-state index contributed by atoms with van der Waals surface area (Å²) in [5, 5.41) is 37.7. The van der Waals surface area contributed by atoms with Gasteiger partial charge in [0.05, 0.1) is 34.6 Å². The molecular weight excluding hydrogens is 598 g/mol. The largest absolute Gasteiger partial charge is 0.505 e. The van der Waals surface area contributed by atoms with Crippen molar-refractivity contribution in [2.45, 2.75) is 148 Å². The molecule has 4 heterocycles. The van der Waals surface area contributed by atoms with E-state index < -0.39 is 23.1 Å². The standard InChI is InChI=1S/C42H55NO5/c1-11-42(46)17-16-39(8)27-13-12-22-18-25-24-19-23-26-20-37(4,5)48-38(6,7)31(26)34(44)29(23)30-33(24)43(32(21(2)3)35(30)45)36(25)41(22,10)40(27,9)15-14-28(39)47-42/h19-20,22,27-28,31,34,44-46H,2,11-18H2,1,3-10H3/t22?,27?,28-,31?,34+,39-,40-,41?,42+/m0/s1. The number of rotatable bonds is 2. The third kappa shape index (κ3) is 3.45. The molecule has 0 spiro atoms. The third-order valence-corrected chi connectivity index (χ3v) is 15.5. The van der Waals surface area contributed by atoms with Gasteiger partial charge in [-0.05, 0) is 137 Å². The van der Waals surface area contributed by atoms with Crippen LogP contribution in [0.1, 0.15) is 141 Å². The lowest BCUT2D eigenvalue weighted by Gasteiger charge is -2.67. The second kappa shape index (κ2) is 9.09. The van der Waals surface area contributed by atoms with Crippen molar-refractivity contribution in [2.75, 3.05) is 0 Å². The normalized spacial score (nSPS) is 42.1. The van der Waals surface area contributed by atoms with Crippen molar-refractivity contribution in [2.24, 2.45) is 28.6 Å². The van der Waals surface area contributed by atoms with E-state index in [9.17, 15) is 15.3 Å². The number of hydrogen-bond donors (Lipinski definition) is 3. The zero-order valence-corrected chi connectivity index (χ0v) is 30.5. The van der Waals surface area contributed by atoms with Crippen molar-refractivity contribution < 1.29 is 24.8 Å². The molecule has 3 N–H and O–H groups in total. The summed E-state index contributed by atoms with van der Waals surface area (Å²) in [6.45, 7) is 24.4. The summed E-state index contributed by atoms with van der Waals surface area (Å²) in [5.74, 6) is -0.0186. The van der Waals surface area contributed by atoms with Crippen LogP contribution in [-0.4, -0.2) is 42.8 Å². The zero-order valence-electron chi connectivity index (χ0n) is 30.5. The first-order valence-electron chi connectivity index (χ1n) is 18.7. The van der Waals surface area contributed by atoms with Gasteiger partial charge in [-0.2, -0.15) is 0 Å². The molecule has 0 bridgehead atoms. The molecule has 9 rings (SSSR count). The van der Waals surface area contributed by atoms with Gasteiger partial charge in [0.15, 0.2) is 5.79 Å². The molecule has 2 aliphatic heterocycles. The quantitative estimate of drug-likeness (QED) is 0.258. The number of nitrogens with zero attached hydrogens (tertiary/aromatic N) is 1. The van der Waals surface area contributed by atoms with Gasteiger partial charge in [-0.15, -0.1) is 0 Å². The molecule has 2 aromatic heterocycles. The lowest BCUT2D eigenvalue weighted by molar-refractivity contribution is -0.317. The van der Waals surface area contributed by atoms with Crippen molar-refractivity contribution in [3.8, 4) is 5.75 Å². The first kappa shape index (κ1) is 31.6. The number of aliphatic hydroxyl groups excluding tert-OH is 1. The van der Waals surface area contributed by atoms with Gasteiger partial charge < -0.3 is 29.2 Å². The molecule has 6 heteroatoms. The lowest BCUT2D eigenvalue weighted by atomic mass is 9.40. The van der Waals surface area contributed by atoms with Crippen LogP contribution in [0.2, 0.25) is 0 Å². The minimum atomic E-state index is -1.01. The maximum atomic E-state index is 12.3. The topological polar surface area (TPSA) is 83.6 Å². The van der Waals surface area contributed by atoms with Crippen molar-refractivity contribution in [3.05, 3.63) is 46.8 Å². The second-order valence-electron chi connectivity index (χ2n) is 18.7. The molecule has 9 atom stereocenters. The first-order chi connectivity index (χ1) is 22.3. The molecule has 4 aliphatic carbocycles. The van der Waals surface area contributed by atoms with Crippen molar-refractivity contribution in [3.63, 3.8) is 0 Å². The molecule has 6 nitrogen and oxygen atoms in total. The minimum Gasteiger partial charge on any atom is -0.505 e. The van der Waals surface area contributed by atoms with E-state index >= 15 is 0 Å². The molecule has 2 saturated carbocycles. The Labute approximate surface area is 285 Å². The van der Waals surface area contributed by atoms with E-state index in [0.29, 0.717) is 24.7 Å². The van der Waals surface area contributed by atoms with Gasteiger partial charge in [0.2, 0.25) is 0 Å². The van der Waals surface area contributed by atoms with Crippen LogP contribution in [-0.2, 0) is 21.3 Å². The highest BCUT2D eigenvalue weighted by Gasteiger charge is 2.69. The van der Waals surface area contributed by atoms with Gasteiger partial charge in [0.25, 0.3) is 0 Å². The van der Waals surface area contributed by atoms with Crippen LogP contribution in [0.5, 0.6) is 5.75 Å². The summed E-state index contributed by atoms with van der Waals surface area (Å²) in [4.78, 5) is 0. The number of fused-ring (bicyclic) bond motifs is 13. The van der Waals surface area contributed by atoms with E-state index in [4.69, 9.17) is 9.47 Å². The van der Waals surface area contributed by atoms with Gasteiger partial charge in [0, 0.05) is 39.8 Å². The highest BCUT2D eigenvalue weighted by Crippen LogP contribution is 2.73. The van der Waals surface area contributed by atoms with E-state index in [-0.39, 0.29) is 34.0 Å². The fourth-order valence-electron chi connectivity index (χ4n) is 13.3. The minimum absolute atomic E-state index is 0.00207. The summed E-state index contributed by atoms with van der Waals surface area (Å²) in [5.41, 5.74) is 7.32. The Balaban J connectivity index is 1.30. The number of aromatic hydroxyl groups is 1. The molecule has 258 valence electrons. The van der Waals surface area contributed by atoms with Crippen LogP contribution < -0.4 is 0 Å². The van der Waals surface area contributed by atoms with Gasteiger partial charge in [-0.3, -0.25) is 0 Å². The van der Waals surface area contributed by atoms with Gasteiger partial charge in [-0.25, -0.2) is 0 Å². The van der Waals surface area contributed by atoms with Crippen LogP contribution in [0.25, 0.3) is 27.4 Å². The number of aliphatic hydroxyl groups is 2. The zero-order chi connectivity index (χ0) is 34.3. The monoisotopic (exact) mass is 653 g/mol. The molecule has 0 radical (unpaired) electrons. The Kier molecular flexibility index (Phi) is 5.99. The number of benzene rings is 1. The van der Waals surface area contributed by atoms with E-state index in [1.54, 1.807) is 0 Å². The maximum Gasteiger partial charge on any atom is 0.165 e. The molecule has 4 unspecified atom stereocenters. The van der Waals surface area contributed by atoms with Gasteiger partial charge >= 0.3 is 0 Å². The Morgan fingerprint density at radius 1 is 1.04 bits per heavy atom. The summed E-state index contributed by atoms with van der Waals surface area (Å²) in [7, 11) is 0. The molecule has 3 fully saturated rings. The Bertz CT molecular complexity index is 1970. The number of allylic oxidation sites excluding steroid dienone is 1. The van der Waals surface area contributed by atoms with Crippen LogP contribution in [0.15, 0.2) is 18.7 Å². The Morgan fingerprint density at radius 2 is 1.77 bits per heavy atom. The summed E-state index contributed by atoms with van der Waals surface area (Å²) < 4.78 is 15.5. The van der Waals surface area contributed by atoms with Crippen LogP contribution in [0, 0.1) is 28.6 Å². The summed E-state index contributed by atoms with van der Waals surface area (Å²) >= 11 is 0. The fourth-order valence-corrected chi connectivity index (χ4v) is 13.3. The van der Waals surface area contributed by atoms with Crippen molar-refractivity contribution in [1.29, 1.82) is 0 Å². The molecule has 1 saturated heterocycles. The highest BCUT2D eigenvalue weighted by molar-refractivity contribution is 6.11. The van der Waals surface area contributed by atoms with E-state index in [1.807, 2.05) is 13.8 Å².